The number of carbonyl (C=O) groups excluding carboxylic acids is 1. The lowest BCUT2D eigenvalue weighted by molar-refractivity contribution is -0.115. The smallest absolute Gasteiger partial charge is 0.264 e. The summed E-state index contributed by atoms with van der Waals surface area (Å²) in [5, 5.41) is 4.83. The number of carbonyl (C=O) groups is 1. The average molecular weight is 447 g/mol. The van der Waals surface area contributed by atoms with Crippen molar-refractivity contribution in [1.29, 1.82) is 0 Å². The molecule has 1 aliphatic heterocycles. The number of amides is 1. The summed E-state index contributed by atoms with van der Waals surface area (Å²) < 4.78 is 5.87. The van der Waals surface area contributed by atoms with Crippen LogP contribution in [0.4, 0.5) is 5.69 Å². The minimum absolute atomic E-state index is 0.184. The van der Waals surface area contributed by atoms with E-state index < -0.39 is 0 Å². The minimum Gasteiger partial charge on any atom is -0.450 e. The van der Waals surface area contributed by atoms with Crippen LogP contribution in [0.3, 0.4) is 0 Å². The zero-order chi connectivity index (χ0) is 21.4. The molecule has 0 unspecified atom stereocenters. The Kier molecular flexibility index (Phi) is 5.17. The van der Waals surface area contributed by atoms with Crippen LogP contribution in [0.25, 0.3) is 17.1 Å². The van der Waals surface area contributed by atoms with Crippen LogP contribution in [0.2, 0.25) is 0 Å². The van der Waals surface area contributed by atoms with E-state index in [-0.39, 0.29) is 5.91 Å². The number of aromatic nitrogens is 2. The number of H-pyrrole nitrogens is 1. The van der Waals surface area contributed by atoms with Crippen molar-refractivity contribution < 1.29 is 9.21 Å². The molecule has 0 bridgehead atoms. The Morgan fingerprint density at radius 2 is 2.00 bits per heavy atom. The molecule has 5 rings (SSSR count). The molecule has 31 heavy (non-hydrogen) atoms. The zero-order valence-corrected chi connectivity index (χ0v) is 18.4. The molecule has 0 saturated carbocycles. The molecule has 4 aromatic rings. The van der Waals surface area contributed by atoms with Crippen LogP contribution in [0.5, 0.6) is 0 Å². The quantitative estimate of drug-likeness (QED) is 0.386. The highest BCUT2D eigenvalue weighted by molar-refractivity contribution is 8.18. The number of hydrogen-bond donors (Lipinski definition) is 2. The molecule has 0 atom stereocenters. The molecule has 0 aliphatic carbocycles. The van der Waals surface area contributed by atoms with Crippen molar-refractivity contribution in [3.63, 3.8) is 0 Å². The minimum atomic E-state index is -0.184. The predicted molar refractivity (Wildman–Crippen MR) is 126 cm³/mol. The van der Waals surface area contributed by atoms with Crippen LogP contribution in [0, 0.1) is 13.8 Å². The number of aliphatic imine (C=N–C) groups is 1. The fourth-order valence-electron chi connectivity index (χ4n) is 3.19. The average Bonchev–Trinajstić information content (AvgIpc) is 3.43. The molecule has 0 radical (unpaired) electrons. The van der Waals surface area contributed by atoms with Crippen molar-refractivity contribution in [2.75, 3.05) is 0 Å². The van der Waals surface area contributed by atoms with E-state index in [4.69, 9.17) is 4.42 Å². The summed E-state index contributed by atoms with van der Waals surface area (Å²) in [6.45, 7) is 4.05. The number of nitrogens with zero attached hydrogens (tertiary/aromatic N) is 2. The molecule has 2 N–H and O–H groups in total. The van der Waals surface area contributed by atoms with Gasteiger partial charge in [0.25, 0.3) is 5.91 Å². The number of amidine groups is 1. The van der Waals surface area contributed by atoms with Gasteiger partial charge in [-0.05, 0) is 73.3 Å². The number of benzene rings is 2. The molecular weight excluding hydrogens is 428 g/mol. The van der Waals surface area contributed by atoms with Crippen molar-refractivity contribution in [1.82, 2.24) is 15.3 Å². The molecule has 1 aliphatic rings. The second-order valence-electron chi connectivity index (χ2n) is 7.09. The normalized spacial score (nSPS) is 16.5. The Bertz CT molecular complexity index is 1330. The van der Waals surface area contributed by atoms with Crippen molar-refractivity contribution >= 4 is 57.4 Å². The summed E-state index contributed by atoms with van der Waals surface area (Å²) >= 11 is 2.71. The lowest BCUT2D eigenvalue weighted by Gasteiger charge is -2.02. The van der Waals surface area contributed by atoms with Crippen LogP contribution >= 0.6 is 23.5 Å². The summed E-state index contributed by atoms with van der Waals surface area (Å²) in [5.74, 6) is 0.417. The second kappa shape index (κ2) is 8.13. The summed E-state index contributed by atoms with van der Waals surface area (Å²) in [6.07, 6.45) is 1.73. The SMILES string of the molecule is Cc1ccc(N=C2NC(=O)/C(=C/c3ccc(Sc4nc5ccccc5[nH]4)o3)S2)c(C)c1. The number of aryl methyl sites for hydroxylation is 2. The Hall–Kier alpha value is -3.23. The molecule has 1 fully saturated rings. The van der Waals surface area contributed by atoms with Crippen LogP contribution in [-0.2, 0) is 4.79 Å². The van der Waals surface area contributed by atoms with Crippen molar-refractivity contribution in [3.8, 4) is 0 Å². The second-order valence-corrected chi connectivity index (χ2v) is 9.11. The fourth-order valence-corrected chi connectivity index (χ4v) is 4.77. The van der Waals surface area contributed by atoms with E-state index in [9.17, 15) is 4.79 Å². The number of fused-ring (bicyclic) bond motifs is 1. The maximum absolute atomic E-state index is 12.4. The largest absolute Gasteiger partial charge is 0.450 e. The van der Waals surface area contributed by atoms with E-state index in [2.05, 4.69) is 26.3 Å². The van der Waals surface area contributed by atoms with Crippen molar-refractivity contribution in [2.45, 2.75) is 24.1 Å². The number of furan rings is 1. The molecular formula is C23H18N4O2S2. The molecule has 1 saturated heterocycles. The summed E-state index contributed by atoms with van der Waals surface area (Å²) in [5.41, 5.74) is 4.98. The molecule has 3 heterocycles. The lowest BCUT2D eigenvalue weighted by Crippen LogP contribution is -2.19. The van der Waals surface area contributed by atoms with Crippen LogP contribution in [0.15, 0.2) is 79.2 Å². The maximum atomic E-state index is 12.4. The summed E-state index contributed by atoms with van der Waals surface area (Å²) in [4.78, 5) is 25.3. The van der Waals surface area contributed by atoms with E-state index >= 15 is 0 Å². The first-order valence-electron chi connectivity index (χ1n) is 9.63. The highest BCUT2D eigenvalue weighted by Crippen LogP contribution is 2.32. The van der Waals surface area contributed by atoms with Gasteiger partial charge in [-0.2, -0.15) is 0 Å². The molecule has 8 heteroatoms. The number of aromatic amines is 1. The number of hydrogen-bond acceptors (Lipinski definition) is 6. The fraction of sp³-hybridized carbons (Fsp3) is 0.0870. The van der Waals surface area contributed by atoms with Crippen LogP contribution < -0.4 is 5.32 Å². The third kappa shape index (κ3) is 4.30. The third-order valence-corrected chi connectivity index (χ3v) is 6.38. The number of para-hydroxylation sites is 2. The highest BCUT2D eigenvalue weighted by Gasteiger charge is 2.24. The third-order valence-electron chi connectivity index (χ3n) is 4.67. The van der Waals surface area contributed by atoms with Crippen LogP contribution in [-0.4, -0.2) is 21.0 Å². The molecule has 0 spiro atoms. The number of nitrogens with one attached hydrogen (secondary N) is 2. The zero-order valence-electron chi connectivity index (χ0n) is 16.8. The molecule has 6 nitrogen and oxygen atoms in total. The van der Waals surface area contributed by atoms with Gasteiger partial charge in [0.05, 0.1) is 21.6 Å². The summed E-state index contributed by atoms with van der Waals surface area (Å²) in [7, 11) is 0. The summed E-state index contributed by atoms with van der Waals surface area (Å²) in [6, 6.07) is 17.6. The van der Waals surface area contributed by atoms with Gasteiger partial charge < -0.3 is 14.7 Å². The van der Waals surface area contributed by atoms with E-state index in [1.165, 1.54) is 29.1 Å². The van der Waals surface area contributed by atoms with Gasteiger partial charge in [0.2, 0.25) is 0 Å². The molecule has 2 aromatic heterocycles. The van der Waals surface area contributed by atoms with Gasteiger partial charge in [-0.15, -0.1) is 0 Å². The highest BCUT2D eigenvalue weighted by atomic mass is 32.2. The number of imidazole rings is 1. The first-order valence-corrected chi connectivity index (χ1v) is 11.3. The van der Waals surface area contributed by atoms with E-state index in [1.807, 2.05) is 62.4 Å². The van der Waals surface area contributed by atoms with Crippen molar-refractivity contribution in [2.24, 2.45) is 4.99 Å². The van der Waals surface area contributed by atoms with Gasteiger partial charge in [0.1, 0.15) is 5.76 Å². The molecule has 1 amide bonds. The standard InChI is InChI=1S/C23H18N4O2S2/c1-13-7-9-16(14(2)11-13)24-23-27-21(28)19(30-23)12-15-8-10-20(29-15)31-22-25-17-5-3-4-6-18(17)26-22/h3-12H,1-2H3,(H,25,26)(H,24,27,28)/b19-12-. The number of rotatable bonds is 4. The van der Waals surface area contributed by atoms with Gasteiger partial charge in [0, 0.05) is 6.08 Å². The van der Waals surface area contributed by atoms with E-state index in [1.54, 1.807) is 6.08 Å². The Morgan fingerprint density at radius 3 is 2.84 bits per heavy atom. The molecule has 2 aromatic carbocycles. The number of thioether (sulfide) groups is 1. The predicted octanol–water partition coefficient (Wildman–Crippen LogP) is 5.82. The molecule has 154 valence electrons. The first-order chi connectivity index (χ1) is 15.0. The monoisotopic (exact) mass is 446 g/mol. The van der Waals surface area contributed by atoms with Gasteiger partial charge in [-0.3, -0.25) is 4.79 Å². The van der Waals surface area contributed by atoms with Gasteiger partial charge >= 0.3 is 0 Å². The van der Waals surface area contributed by atoms with E-state index in [0.29, 0.717) is 20.9 Å². The van der Waals surface area contributed by atoms with Gasteiger partial charge in [-0.25, -0.2) is 9.98 Å². The van der Waals surface area contributed by atoms with Crippen molar-refractivity contribution in [3.05, 3.63) is 76.4 Å². The van der Waals surface area contributed by atoms with Crippen LogP contribution in [0.1, 0.15) is 16.9 Å². The van der Waals surface area contributed by atoms with Gasteiger partial charge in [-0.1, -0.05) is 29.8 Å². The lowest BCUT2D eigenvalue weighted by atomic mass is 10.1. The van der Waals surface area contributed by atoms with E-state index in [0.717, 1.165) is 27.4 Å². The first kappa shape index (κ1) is 19.7. The Balaban J connectivity index is 1.32. The topological polar surface area (TPSA) is 83.3 Å². The Labute approximate surface area is 187 Å². The van der Waals surface area contributed by atoms with Gasteiger partial charge in [0.15, 0.2) is 15.4 Å². The maximum Gasteiger partial charge on any atom is 0.264 e. The Morgan fingerprint density at radius 1 is 1.13 bits per heavy atom.